The molecule has 0 fully saturated rings. The molecule has 0 saturated carbocycles. The van der Waals surface area contributed by atoms with Crippen molar-refractivity contribution in [3.8, 4) is 0 Å². The van der Waals surface area contributed by atoms with Crippen LogP contribution in [-0.2, 0) is 0 Å². The van der Waals surface area contributed by atoms with Gasteiger partial charge < -0.3 is 10.9 Å². The van der Waals surface area contributed by atoms with Crippen molar-refractivity contribution >= 4 is 29.5 Å². The van der Waals surface area contributed by atoms with E-state index >= 15 is 0 Å². The summed E-state index contributed by atoms with van der Waals surface area (Å²) < 4.78 is 0. The highest BCUT2D eigenvalue weighted by Gasteiger charge is 2.18. The number of anilines is 1. The van der Waals surface area contributed by atoms with Gasteiger partial charge in [-0.1, -0.05) is 0 Å². The number of hydrogen-bond donors (Lipinski definition) is 2. The Balaban J connectivity index is 0. The number of nitrogen functional groups attached to an aromatic ring is 1. The second-order valence-electron chi connectivity index (χ2n) is 2.36. The summed E-state index contributed by atoms with van der Waals surface area (Å²) in [4.78, 5) is 19.3. The Morgan fingerprint density at radius 1 is 1.19 bits per heavy atom. The van der Waals surface area contributed by atoms with Gasteiger partial charge in [-0.25, -0.2) is 0 Å². The average molecular weight is 253 g/mol. The zero-order valence-corrected chi connectivity index (χ0v) is 8.56. The molecule has 0 heterocycles. The molecule has 0 saturated heterocycles. The van der Waals surface area contributed by atoms with Gasteiger partial charge in [0.25, 0.3) is 5.69 Å². The van der Waals surface area contributed by atoms with Crippen LogP contribution in [-0.4, -0.2) is 15.3 Å². The number of benzene rings is 1. The van der Waals surface area contributed by atoms with Gasteiger partial charge in [-0.2, -0.15) is 0 Å². The Hall–Kier alpha value is -1.97. The lowest BCUT2D eigenvalue weighted by atomic mass is 10.2. The number of halogens is 1. The summed E-state index contributed by atoms with van der Waals surface area (Å²) >= 11 is 0. The number of hydrogen-bond acceptors (Lipinski definition) is 6. The van der Waals surface area contributed by atoms with Crippen LogP contribution >= 0.6 is 12.4 Å². The summed E-state index contributed by atoms with van der Waals surface area (Å²) in [5.41, 5.74) is 1.33. The zero-order chi connectivity index (χ0) is 10.7. The molecule has 16 heavy (non-hydrogen) atoms. The molecular formula is C6H9ClN4O5. The molecule has 1 aromatic carbocycles. The van der Waals surface area contributed by atoms with E-state index in [1.807, 2.05) is 0 Å². The molecule has 0 aliphatic heterocycles. The first kappa shape index (κ1) is 16.5. The minimum absolute atomic E-state index is 0. The smallest absolute Gasteiger partial charge is 0.300 e. The van der Waals surface area contributed by atoms with Crippen molar-refractivity contribution in [2.45, 2.75) is 0 Å². The van der Waals surface area contributed by atoms with Crippen LogP contribution < -0.4 is 11.3 Å². The number of nitrogens with two attached hydrogens (primary N) is 1. The van der Waals surface area contributed by atoms with Gasteiger partial charge in [0, 0.05) is 6.07 Å². The summed E-state index contributed by atoms with van der Waals surface area (Å²) in [5.74, 6) is 4.99. The molecule has 0 radical (unpaired) electrons. The van der Waals surface area contributed by atoms with Gasteiger partial charge in [-0.3, -0.25) is 26.1 Å². The topological polar surface area (TPSA) is 156 Å². The fourth-order valence-corrected chi connectivity index (χ4v) is 0.907. The summed E-state index contributed by atoms with van der Waals surface area (Å²) in [6.07, 6.45) is 0. The number of nitrogens with one attached hydrogen (secondary N) is 1. The van der Waals surface area contributed by atoms with Crippen molar-refractivity contribution in [2.75, 3.05) is 5.43 Å². The Morgan fingerprint density at radius 2 is 1.75 bits per heavy atom. The van der Waals surface area contributed by atoms with E-state index in [4.69, 9.17) is 5.84 Å². The van der Waals surface area contributed by atoms with Crippen LogP contribution in [0.2, 0.25) is 0 Å². The Kier molecular flexibility index (Phi) is 6.69. The van der Waals surface area contributed by atoms with Crippen molar-refractivity contribution in [1.82, 2.24) is 0 Å². The maximum Gasteiger partial charge on any atom is 0.300 e. The van der Waals surface area contributed by atoms with Crippen LogP contribution in [0.25, 0.3) is 0 Å². The van der Waals surface area contributed by atoms with Crippen LogP contribution in [0.3, 0.4) is 0 Å². The van der Waals surface area contributed by atoms with Crippen molar-refractivity contribution in [1.29, 1.82) is 0 Å². The fraction of sp³-hybridized carbons (Fsp3) is 0. The molecule has 0 unspecified atom stereocenters. The molecular weight excluding hydrogens is 244 g/mol. The zero-order valence-electron chi connectivity index (χ0n) is 7.75. The van der Waals surface area contributed by atoms with E-state index in [0.717, 1.165) is 12.1 Å². The molecule has 9 nitrogen and oxygen atoms in total. The first-order chi connectivity index (χ1) is 6.56. The normalized spacial score (nSPS) is 8.31. The van der Waals surface area contributed by atoms with E-state index in [-0.39, 0.29) is 29.3 Å². The highest BCUT2D eigenvalue weighted by atomic mass is 35.5. The van der Waals surface area contributed by atoms with E-state index in [0.29, 0.717) is 0 Å². The molecule has 0 aliphatic carbocycles. The monoisotopic (exact) mass is 252 g/mol. The number of nitro benzene ring substituents is 2. The number of rotatable bonds is 3. The minimum atomic E-state index is -0.748. The molecule has 0 amide bonds. The molecule has 0 spiro atoms. The second-order valence-corrected chi connectivity index (χ2v) is 2.36. The lowest BCUT2D eigenvalue weighted by molar-refractivity contribution is -0.393. The molecule has 10 heteroatoms. The third-order valence-corrected chi connectivity index (χ3v) is 1.54. The quantitative estimate of drug-likeness (QED) is 0.450. The van der Waals surface area contributed by atoms with E-state index < -0.39 is 15.5 Å². The maximum atomic E-state index is 10.4. The number of nitrogens with zero attached hydrogens (tertiary/aromatic N) is 2. The largest absolute Gasteiger partial charge is 0.412 e. The molecule has 0 aromatic heterocycles. The Morgan fingerprint density at radius 3 is 2.12 bits per heavy atom. The molecule has 0 atom stereocenters. The second kappa shape index (κ2) is 6.50. The van der Waals surface area contributed by atoms with Gasteiger partial charge in [0.2, 0.25) is 0 Å². The van der Waals surface area contributed by atoms with Crippen molar-refractivity contribution < 1.29 is 15.3 Å². The first-order valence-electron chi connectivity index (χ1n) is 3.45. The highest BCUT2D eigenvalue weighted by Crippen LogP contribution is 2.27. The van der Waals surface area contributed by atoms with Crippen LogP contribution in [0.4, 0.5) is 17.1 Å². The standard InChI is InChI=1S/C6H6N4O4.ClH.H2O/c7-8-5-2-1-4(9(11)12)3-6(5)10(13)14;;/h1-3,8H,7H2;1H;1H2. The van der Waals surface area contributed by atoms with Crippen molar-refractivity contribution in [2.24, 2.45) is 5.84 Å². The lowest BCUT2D eigenvalue weighted by Gasteiger charge is -2.00. The van der Waals surface area contributed by atoms with E-state index in [1.54, 1.807) is 0 Å². The van der Waals surface area contributed by atoms with Crippen LogP contribution in [0, 0.1) is 20.2 Å². The van der Waals surface area contributed by atoms with Gasteiger partial charge in [-0.05, 0) is 6.07 Å². The predicted octanol–water partition coefficient (Wildman–Crippen LogP) is 0.386. The minimum Gasteiger partial charge on any atom is -0.412 e. The van der Waals surface area contributed by atoms with Crippen LogP contribution in [0.1, 0.15) is 0 Å². The third-order valence-electron chi connectivity index (χ3n) is 1.54. The Bertz CT molecular complexity index is 399. The Labute approximate surface area is 95.2 Å². The van der Waals surface area contributed by atoms with E-state index in [2.05, 4.69) is 5.43 Å². The highest BCUT2D eigenvalue weighted by molar-refractivity contribution is 5.85. The summed E-state index contributed by atoms with van der Waals surface area (Å²) in [7, 11) is 0. The molecule has 5 N–H and O–H groups in total. The van der Waals surface area contributed by atoms with Crippen molar-refractivity contribution in [3.63, 3.8) is 0 Å². The van der Waals surface area contributed by atoms with Gasteiger partial charge in [0.05, 0.1) is 15.9 Å². The summed E-state index contributed by atoms with van der Waals surface area (Å²) in [5, 5.41) is 20.7. The van der Waals surface area contributed by atoms with Gasteiger partial charge in [-0.15, -0.1) is 12.4 Å². The lowest BCUT2D eigenvalue weighted by Crippen LogP contribution is -2.09. The van der Waals surface area contributed by atoms with Crippen molar-refractivity contribution in [3.05, 3.63) is 38.4 Å². The molecule has 1 rings (SSSR count). The molecule has 1 aromatic rings. The molecule has 90 valence electrons. The number of non-ortho nitro benzene ring substituents is 1. The fourth-order valence-electron chi connectivity index (χ4n) is 0.907. The molecule has 0 bridgehead atoms. The summed E-state index contributed by atoms with van der Waals surface area (Å²) in [6, 6.07) is 3.15. The average Bonchev–Trinajstić information content (AvgIpc) is 2.16. The summed E-state index contributed by atoms with van der Waals surface area (Å²) in [6.45, 7) is 0. The predicted molar refractivity (Wildman–Crippen MR) is 58.4 cm³/mol. The third kappa shape index (κ3) is 3.31. The number of hydrazine groups is 1. The van der Waals surface area contributed by atoms with Gasteiger partial charge in [0.1, 0.15) is 5.69 Å². The molecule has 0 aliphatic rings. The van der Waals surface area contributed by atoms with E-state index in [1.165, 1.54) is 6.07 Å². The van der Waals surface area contributed by atoms with E-state index in [9.17, 15) is 20.2 Å². The SMILES string of the molecule is Cl.NNc1ccc([N+](=O)[O-])cc1[N+](=O)[O-].O. The van der Waals surface area contributed by atoms with Crippen LogP contribution in [0.15, 0.2) is 18.2 Å². The van der Waals surface area contributed by atoms with Gasteiger partial charge in [0.15, 0.2) is 0 Å². The maximum absolute atomic E-state index is 10.4. The van der Waals surface area contributed by atoms with Gasteiger partial charge >= 0.3 is 5.69 Å². The number of nitro groups is 2. The first-order valence-corrected chi connectivity index (χ1v) is 3.45. The van der Waals surface area contributed by atoms with Crippen LogP contribution in [0.5, 0.6) is 0 Å².